The van der Waals surface area contributed by atoms with Crippen molar-refractivity contribution < 1.29 is 52.2 Å². The van der Waals surface area contributed by atoms with Crippen LogP contribution >= 0.6 is 28.1 Å². The number of cyclic esters (lactones) is 1. The Morgan fingerprint density at radius 2 is 1.64 bits per heavy atom. The zero-order valence-corrected chi connectivity index (χ0v) is 39.5. The van der Waals surface area contributed by atoms with E-state index < -0.39 is 36.8 Å². The number of imidazole rings is 1. The van der Waals surface area contributed by atoms with Crippen molar-refractivity contribution in [1.82, 2.24) is 14.5 Å². The average molecular weight is 937 g/mol. The number of aromatic nitrogens is 2. The fourth-order valence-corrected chi connectivity index (χ4v) is 12.1. The zero-order chi connectivity index (χ0) is 43.7. The Labute approximate surface area is 374 Å². The van der Waals surface area contributed by atoms with Gasteiger partial charge in [0.1, 0.15) is 30.7 Å². The molecule has 0 amide bonds. The molecular formula is C45H66BrN3O11S. The molecule has 4 fully saturated rings. The smallest absolute Gasteiger partial charge is 0.306 e. The van der Waals surface area contributed by atoms with Crippen LogP contribution in [0.5, 0.6) is 0 Å². The molecule has 0 spiro atoms. The van der Waals surface area contributed by atoms with Gasteiger partial charge in [0.2, 0.25) is 0 Å². The molecule has 14 nitrogen and oxygen atoms in total. The van der Waals surface area contributed by atoms with Crippen LogP contribution in [0.3, 0.4) is 0 Å². The van der Waals surface area contributed by atoms with Crippen LogP contribution in [0.15, 0.2) is 40.9 Å². The Hall–Kier alpha value is -2.12. The predicted molar refractivity (Wildman–Crippen MR) is 233 cm³/mol. The van der Waals surface area contributed by atoms with Gasteiger partial charge in [-0.15, -0.1) is 0 Å². The maximum Gasteiger partial charge on any atom is 0.306 e. The molecule has 1 aromatic rings. The molecule has 3 aliphatic heterocycles. The van der Waals surface area contributed by atoms with Crippen LogP contribution < -0.4 is 0 Å². The first-order chi connectivity index (χ1) is 29.3. The molecule has 0 N–H and O–H groups in total. The molecule has 3 saturated heterocycles. The third-order valence-corrected chi connectivity index (χ3v) is 15.5. The quantitative estimate of drug-likeness (QED) is 0.194. The van der Waals surface area contributed by atoms with E-state index in [0.717, 1.165) is 17.3 Å². The molecule has 7 rings (SSSR count). The summed E-state index contributed by atoms with van der Waals surface area (Å²) in [6, 6.07) is 0.0563. The Morgan fingerprint density at radius 1 is 0.902 bits per heavy atom. The highest BCUT2D eigenvalue weighted by Crippen LogP contribution is 2.57. The number of ether oxygens (including phenoxy) is 9. The van der Waals surface area contributed by atoms with Gasteiger partial charge in [0.05, 0.1) is 30.8 Å². The molecule has 1 aromatic heterocycles. The first-order valence-electron chi connectivity index (χ1n) is 22.1. The van der Waals surface area contributed by atoms with Crippen LogP contribution in [0.2, 0.25) is 0 Å². The van der Waals surface area contributed by atoms with Gasteiger partial charge in [-0.05, 0) is 112 Å². The number of fused-ring (bicyclic) bond motifs is 5. The van der Waals surface area contributed by atoms with Gasteiger partial charge in [0.25, 0.3) is 5.17 Å². The molecule has 0 radical (unpaired) electrons. The second kappa shape index (κ2) is 20.4. The number of methoxy groups -OCH3 is 3. The van der Waals surface area contributed by atoms with Crippen molar-refractivity contribution in [2.45, 2.75) is 153 Å². The highest BCUT2D eigenvalue weighted by atomic mass is 79.9. The van der Waals surface area contributed by atoms with Crippen molar-refractivity contribution >= 4 is 45.1 Å². The molecule has 9 unspecified atom stereocenters. The van der Waals surface area contributed by atoms with Gasteiger partial charge in [-0.1, -0.05) is 41.9 Å². The second-order valence-electron chi connectivity index (χ2n) is 18.1. The maximum atomic E-state index is 15.1. The summed E-state index contributed by atoms with van der Waals surface area (Å²) in [5.74, 6) is -0.838. The number of halogens is 1. The molecule has 1 saturated carbocycles. The summed E-state index contributed by atoms with van der Waals surface area (Å²) < 4.78 is 59.4. The first kappa shape index (κ1) is 46.9. The molecule has 16 heteroatoms. The van der Waals surface area contributed by atoms with E-state index in [4.69, 9.17) is 54.8 Å². The Balaban J connectivity index is 1.14. The van der Waals surface area contributed by atoms with E-state index in [1.54, 1.807) is 44.6 Å². The molecule has 0 aromatic carbocycles. The lowest BCUT2D eigenvalue weighted by molar-refractivity contribution is -0.314. The third-order valence-electron chi connectivity index (χ3n) is 14.3. The maximum absolute atomic E-state index is 15.1. The van der Waals surface area contributed by atoms with Gasteiger partial charge in [0, 0.05) is 58.0 Å². The highest BCUT2D eigenvalue weighted by Gasteiger charge is 2.54. The van der Waals surface area contributed by atoms with Crippen molar-refractivity contribution in [2.75, 3.05) is 35.4 Å². The number of hydrogen-bond acceptors (Lipinski definition) is 14. The van der Waals surface area contributed by atoms with Crippen molar-refractivity contribution in [1.29, 1.82) is 0 Å². The summed E-state index contributed by atoms with van der Waals surface area (Å²) in [5.41, 5.74) is 0.681. The van der Waals surface area contributed by atoms with E-state index in [-0.39, 0.29) is 95.6 Å². The lowest BCUT2D eigenvalue weighted by Crippen LogP contribution is -2.59. The number of hydrogen-bond donors (Lipinski definition) is 0. The Morgan fingerprint density at radius 3 is 2.31 bits per heavy atom. The summed E-state index contributed by atoms with van der Waals surface area (Å²) in [4.78, 5) is 35.1. The number of Topliss-reactive ketones (excluding diaryl/α,β-unsaturated/α-hetero) is 1. The number of carbonyl (C=O) groups excluding carboxylic acids is 2. The van der Waals surface area contributed by atoms with Crippen LogP contribution in [0.4, 0.5) is 0 Å². The van der Waals surface area contributed by atoms with Crippen LogP contribution in [0.25, 0.3) is 0 Å². The second-order valence-corrected chi connectivity index (χ2v) is 19.4. The van der Waals surface area contributed by atoms with Gasteiger partial charge < -0.3 is 47.5 Å². The molecular weight excluding hydrogens is 870 g/mol. The number of rotatable bonds is 10. The summed E-state index contributed by atoms with van der Waals surface area (Å²) in [7, 11) is 8.99. The van der Waals surface area contributed by atoms with Crippen molar-refractivity contribution in [3.8, 4) is 0 Å². The standard InChI is InChI=1S/C45H66BrN3O11S/c1-10-26-12-11-13-36(59-43-37(21-35(48(5)6)24(3)55-43)60-45(61)49-15-14-47-22-49)23(2)39(51)33-18-29-28-16-27(17-32(28)34(46)19-30(29)31(33)20-38(50)57-26)58-44-42(54-9)41(53-8)40(52-7)25(4)56-44/h14-15,18-19,22-32,35-37,40-44H,10-13,16-17,20-21H2,1-9H3/t23-,24?,25?,26+,27+,28+,29+,30-,31+,32-,35?,36+,37?,40?,41?,42?,43?,44?/m1/s1. The van der Waals surface area contributed by atoms with Gasteiger partial charge in [-0.25, -0.2) is 4.98 Å². The first-order valence-corrected chi connectivity index (χ1v) is 23.3. The number of likely N-dealkylation sites (N-methyl/N-ethyl adjacent to an activating group) is 1. The largest absolute Gasteiger partial charge is 0.462 e. The number of allylic oxidation sites excluding steroid dienone is 4. The number of thiocarbonyl (C=S) groups is 1. The van der Waals surface area contributed by atoms with E-state index in [1.807, 2.05) is 41.8 Å². The minimum Gasteiger partial charge on any atom is -0.462 e. The average Bonchev–Trinajstić information content (AvgIpc) is 4.00. The SMILES string of the molecule is CC[C@H]1CCC[C@H](OC2OC(C)C(N(C)C)CC2OC(=S)n2ccnc2)[C@@H](C)C(=O)C2=C[C@@H]3[C@@H](C=C(Br)[C@@H]4C[C@@H](OC5OC(C)C(OC)C(OC)C5OC)C[C@@H]34)[C@@H]2CC(=O)O1. The fraction of sp³-hybridized carbons (Fsp3) is 0.778. The van der Waals surface area contributed by atoms with E-state index >= 15 is 4.79 Å². The van der Waals surface area contributed by atoms with Crippen LogP contribution in [0, 0.1) is 35.5 Å². The molecule has 3 aliphatic carbocycles. The minimum absolute atomic E-state index is 0.0102. The van der Waals surface area contributed by atoms with Gasteiger partial charge in [-0.3, -0.25) is 14.2 Å². The van der Waals surface area contributed by atoms with E-state index in [2.05, 4.69) is 38.0 Å². The van der Waals surface area contributed by atoms with Crippen molar-refractivity contribution in [2.24, 2.45) is 35.5 Å². The van der Waals surface area contributed by atoms with Crippen LogP contribution in [-0.2, 0) is 52.2 Å². The summed E-state index contributed by atoms with van der Waals surface area (Å²) in [5, 5.41) is 0.249. The van der Waals surface area contributed by atoms with Crippen molar-refractivity contribution in [3.63, 3.8) is 0 Å². The molecule has 0 bridgehead atoms. The lowest BCUT2D eigenvalue weighted by atomic mass is 9.70. The molecule has 18 atom stereocenters. The topological polar surface area (TPSA) is 138 Å². The lowest BCUT2D eigenvalue weighted by Gasteiger charge is -2.44. The van der Waals surface area contributed by atoms with Gasteiger partial charge in [0.15, 0.2) is 24.5 Å². The molecule has 340 valence electrons. The Bertz CT molecular complexity index is 1750. The fourth-order valence-electron chi connectivity index (χ4n) is 11.1. The minimum atomic E-state index is -0.778. The Kier molecular flexibility index (Phi) is 15.6. The van der Waals surface area contributed by atoms with Crippen molar-refractivity contribution in [3.05, 3.63) is 40.9 Å². The van der Waals surface area contributed by atoms with Crippen LogP contribution in [0.1, 0.15) is 79.1 Å². The predicted octanol–water partition coefficient (Wildman–Crippen LogP) is 6.23. The monoisotopic (exact) mass is 935 g/mol. The summed E-state index contributed by atoms with van der Waals surface area (Å²) in [6.45, 7) is 8.01. The molecule has 4 heterocycles. The molecule has 61 heavy (non-hydrogen) atoms. The number of ketones is 1. The third kappa shape index (κ3) is 9.93. The number of esters is 1. The number of nitrogens with zero attached hydrogens (tertiary/aromatic N) is 3. The van der Waals surface area contributed by atoms with E-state index in [0.29, 0.717) is 37.7 Å². The normalized spacial score (nSPS) is 42.0. The van der Waals surface area contributed by atoms with E-state index in [1.165, 1.54) is 0 Å². The van der Waals surface area contributed by atoms with E-state index in [9.17, 15) is 4.79 Å². The summed E-state index contributed by atoms with van der Waals surface area (Å²) in [6.07, 6.45) is 9.93. The highest BCUT2D eigenvalue weighted by molar-refractivity contribution is 9.11. The summed E-state index contributed by atoms with van der Waals surface area (Å²) >= 11 is 9.65. The van der Waals surface area contributed by atoms with Gasteiger partial charge >= 0.3 is 5.97 Å². The van der Waals surface area contributed by atoms with Gasteiger partial charge in [-0.2, -0.15) is 0 Å². The number of carbonyl (C=O) groups is 2. The zero-order valence-electron chi connectivity index (χ0n) is 37.1. The van der Waals surface area contributed by atoms with Crippen LogP contribution in [-0.4, -0.2) is 140 Å². The molecule has 6 aliphatic rings.